The van der Waals surface area contributed by atoms with Crippen LogP contribution in [0, 0.1) is 6.92 Å². The van der Waals surface area contributed by atoms with Crippen molar-refractivity contribution in [2.75, 3.05) is 33.2 Å². The molecule has 1 saturated heterocycles. The van der Waals surface area contributed by atoms with Gasteiger partial charge in [-0.25, -0.2) is 0 Å². The smallest absolute Gasteiger partial charge is 0.263 e. The van der Waals surface area contributed by atoms with Crippen LogP contribution in [0.15, 0.2) is 24.3 Å². The van der Waals surface area contributed by atoms with E-state index < -0.39 is 0 Å². The average molecular weight is 276 g/mol. The number of nitrogens with zero attached hydrogens (tertiary/aromatic N) is 2. The Hall–Kier alpha value is -1.55. The molecule has 20 heavy (non-hydrogen) atoms. The number of rotatable bonds is 4. The van der Waals surface area contributed by atoms with Crippen molar-refractivity contribution in [1.82, 2.24) is 9.80 Å². The van der Waals surface area contributed by atoms with Gasteiger partial charge in [-0.2, -0.15) is 0 Å². The van der Waals surface area contributed by atoms with Crippen LogP contribution in [0.25, 0.3) is 0 Å². The van der Waals surface area contributed by atoms with Crippen molar-refractivity contribution in [2.24, 2.45) is 0 Å². The molecule has 1 fully saturated rings. The van der Waals surface area contributed by atoms with Gasteiger partial charge in [0.25, 0.3) is 5.91 Å². The summed E-state index contributed by atoms with van der Waals surface area (Å²) in [6.07, 6.45) is 0.318. The van der Waals surface area contributed by atoms with Crippen molar-refractivity contribution in [3.8, 4) is 5.75 Å². The van der Waals surface area contributed by atoms with Crippen LogP contribution >= 0.6 is 0 Å². The molecule has 1 aliphatic heterocycles. The number of piperazine rings is 1. The molecule has 1 aromatic carbocycles. The molecule has 0 unspecified atom stereocenters. The van der Waals surface area contributed by atoms with Gasteiger partial charge in [0, 0.05) is 26.2 Å². The largest absolute Gasteiger partial charge is 0.480 e. The van der Waals surface area contributed by atoms with Gasteiger partial charge in [-0.05, 0) is 32.0 Å². The average Bonchev–Trinajstić information content (AvgIpc) is 2.46. The first-order valence-electron chi connectivity index (χ1n) is 7.31. The molecule has 4 nitrogen and oxygen atoms in total. The summed E-state index contributed by atoms with van der Waals surface area (Å²) in [7, 11) is 2.09. The van der Waals surface area contributed by atoms with Gasteiger partial charge in [-0.3, -0.25) is 4.79 Å². The summed E-state index contributed by atoms with van der Waals surface area (Å²) in [5.41, 5.74) is 1.07. The van der Waals surface area contributed by atoms with Crippen LogP contribution < -0.4 is 4.74 Å². The van der Waals surface area contributed by atoms with Gasteiger partial charge in [-0.15, -0.1) is 0 Å². The van der Waals surface area contributed by atoms with Gasteiger partial charge in [0.2, 0.25) is 0 Å². The van der Waals surface area contributed by atoms with E-state index in [9.17, 15) is 4.79 Å². The van der Waals surface area contributed by atoms with Crippen molar-refractivity contribution in [3.63, 3.8) is 0 Å². The monoisotopic (exact) mass is 276 g/mol. The van der Waals surface area contributed by atoms with Gasteiger partial charge in [0.15, 0.2) is 6.10 Å². The minimum absolute atomic E-state index is 0.115. The summed E-state index contributed by atoms with van der Waals surface area (Å²) in [5, 5.41) is 0. The number of hydrogen-bond acceptors (Lipinski definition) is 3. The summed E-state index contributed by atoms with van der Waals surface area (Å²) in [6, 6.07) is 7.85. The highest BCUT2D eigenvalue weighted by Crippen LogP contribution is 2.20. The molecular weight excluding hydrogens is 252 g/mol. The van der Waals surface area contributed by atoms with E-state index in [1.54, 1.807) is 0 Å². The van der Waals surface area contributed by atoms with E-state index in [-0.39, 0.29) is 12.0 Å². The van der Waals surface area contributed by atoms with Crippen LogP contribution in [0.2, 0.25) is 0 Å². The predicted molar refractivity (Wildman–Crippen MR) is 80.0 cm³/mol. The van der Waals surface area contributed by atoms with Crippen LogP contribution in [0.5, 0.6) is 5.75 Å². The molecule has 0 N–H and O–H groups in total. The molecule has 4 heteroatoms. The van der Waals surface area contributed by atoms with Gasteiger partial charge >= 0.3 is 0 Å². The van der Waals surface area contributed by atoms with E-state index in [0.29, 0.717) is 6.42 Å². The second kappa shape index (κ2) is 6.75. The number of amides is 1. The lowest BCUT2D eigenvalue weighted by atomic mass is 10.2. The molecule has 2 rings (SSSR count). The minimum Gasteiger partial charge on any atom is -0.480 e. The topological polar surface area (TPSA) is 32.8 Å². The molecule has 110 valence electrons. The number of hydrogen-bond donors (Lipinski definition) is 0. The Morgan fingerprint density at radius 1 is 1.25 bits per heavy atom. The van der Waals surface area contributed by atoms with E-state index >= 15 is 0 Å². The molecular formula is C16H24N2O2. The van der Waals surface area contributed by atoms with Gasteiger partial charge < -0.3 is 14.5 Å². The molecule has 0 aromatic heterocycles. The molecule has 0 spiro atoms. The fourth-order valence-electron chi connectivity index (χ4n) is 2.38. The summed E-state index contributed by atoms with van der Waals surface area (Å²) in [5.74, 6) is 0.922. The van der Waals surface area contributed by atoms with Crippen molar-refractivity contribution in [1.29, 1.82) is 0 Å². The number of likely N-dealkylation sites (N-methyl/N-ethyl adjacent to an activating group) is 1. The molecule has 1 aromatic rings. The maximum absolute atomic E-state index is 12.5. The first-order valence-corrected chi connectivity index (χ1v) is 7.31. The minimum atomic E-state index is -0.375. The van der Waals surface area contributed by atoms with Gasteiger partial charge in [0.05, 0.1) is 0 Å². The molecule has 1 atom stereocenters. The van der Waals surface area contributed by atoms with Crippen LogP contribution in [0.4, 0.5) is 0 Å². The second-order valence-electron chi connectivity index (χ2n) is 5.41. The Morgan fingerprint density at radius 2 is 1.90 bits per heavy atom. The normalized spacial score (nSPS) is 17.9. The second-order valence-corrected chi connectivity index (χ2v) is 5.41. The molecule has 1 aliphatic rings. The zero-order chi connectivity index (χ0) is 14.5. The molecule has 1 amide bonds. The number of carbonyl (C=O) groups is 1. The third-order valence-electron chi connectivity index (χ3n) is 3.82. The lowest BCUT2D eigenvalue weighted by Crippen LogP contribution is -2.51. The Morgan fingerprint density at radius 3 is 2.50 bits per heavy atom. The quantitative estimate of drug-likeness (QED) is 0.842. The standard InChI is InChI=1S/C16H24N2O2/c1-4-14(20-15-8-6-5-7-13(15)2)16(19)18-11-9-17(3)10-12-18/h5-8,14H,4,9-12H2,1-3H3/t14-/m1/s1. The van der Waals surface area contributed by atoms with E-state index in [4.69, 9.17) is 4.74 Å². The highest BCUT2D eigenvalue weighted by molar-refractivity contribution is 5.81. The Bertz CT molecular complexity index is 454. The Labute approximate surface area is 121 Å². The molecule has 0 aliphatic carbocycles. The molecule has 0 saturated carbocycles. The van der Waals surface area contributed by atoms with E-state index in [2.05, 4.69) is 11.9 Å². The lowest BCUT2D eigenvalue weighted by molar-refractivity contribution is -0.140. The van der Waals surface area contributed by atoms with Crippen molar-refractivity contribution in [2.45, 2.75) is 26.4 Å². The third kappa shape index (κ3) is 3.51. The summed E-state index contributed by atoms with van der Waals surface area (Å²) >= 11 is 0. The van der Waals surface area contributed by atoms with Crippen LogP contribution in [-0.4, -0.2) is 55.0 Å². The number of aryl methyl sites for hydroxylation is 1. The van der Waals surface area contributed by atoms with Crippen LogP contribution in [-0.2, 0) is 4.79 Å². The molecule has 0 bridgehead atoms. The van der Waals surface area contributed by atoms with E-state index in [0.717, 1.165) is 37.5 Å². The van der Waals surface area contributed by atoms with Crippen molar-refractivity contribution < 1.29 is 9.53 Å². The zero-order valence-electron chi connectivity index (χ0n) is 12.6. The van der Waals surface area contributed by atoms with Crippen molar-refractivity contribution in [3.05, 3.63) is 29.8 Å². The summed E-state index contributed by atoms with van der Waals surface area (Å²) < 4.78 is 5.93. The first-order chi connectivity index (χ1) is 9.61. The highest BCUT2D eigenvalue weighted by atomic mass is 16.5. The van der Waals surface area contributed by atoms with Gasteiger partial charge in [-0.1, -0.05) is 25.1 Å². The van der Waals surface area contributed by atoms with Crippen LogP contribution in [0.1, 0.15) is 18.9 Å². The number of carbonyl (C=O) groups excluding carboxylic acids is 1. The summed E-state index contributed by atoms with van der Waals surface area (Å²) in [4.78, 5) is 16.7. The summed E-state index contributed by atoms with van der Waals surface area (Å²) in [6.45, 7) is 7.46. The number of para-hydroxylation sites is 1. The Kier molecular flexibility index (Phi) is 5.01. The lowest BCUT2D eigenvalue weighted by Gasteiger charge is -2.34. The number of benzene rings is 1. The van der Waals surface area contributed by atoms with Crippen molar-refractivity contribution >= 4 is 5.91 Å². The van der Waals surface area contributed by atoms with Gasteiger partial charge in [0.1, 0.15) is 5.75 Å². The van der Waals surface area contributed by atoms with Crippen LogP contribution in [0.3, 0.4) is 0 Å². The van der Waals surface area contributed by atoms with E-state index in [1.165, 1.54) is 0 Å². The van der Waals surface area contributed by atoms with E-state index in [1.807, 2.05) is 43.0 Å². The molecule has 0 radical (unpaired) electrons. The maximum Gasteiger partial charge on any atom is 0.263 e. The maximum atomic E-state index is 12.5. The highest BCUT2D eigenvalue weighted by Gasteiger charge is 2.27. The zero-order valence-corrected chi connectivity index (χ0v) is 12.6. The predicted octanol–water partition coefficient (Wildman–Crippen LogP) is 1.93. The molecule has 1 heterocycles. The first kappa shape index (κ1) is 14.9. The fourth-order valence-corrected chi connectivity index (χ4v) is 2.38. The fraction of sp³-hybridized carbons (Fsp3) is 0.562. The number of ether oxygens (including phenoxy) is 1. The third-order valence-corrected chi connectivity index (χ3v) is 3.82. The Balaban J connectivity index is 2.01. The SMILES string of the molecule is CC[C@@H](Oc1ccccc1C)C(=O)N1CCN(C)CC1.